The summed E-state index contributed by atoms with van der Waals surface area (Å²) in [5.41, 5.74) is 0. The van der Waals surface area contributed by atoms with Gasteiger partial charge >= 0.3 is 0 Å². The molecule has 1 saturated carbocycles. The van der Waals surface area contributed by atoms with Crippen molar-refractivity contribution in [1.29, 1.82) is 0 Å². The third-order valence-corrected chi connectivity index (χ3v) is 4.92. The van der Waals surface area contributed by atoms with Crippen molar-refractivity contribution in [1.82, 2.24) is 5.32 Å². The van der Waals surface area contributed by atoms with Crippen molar-refractivity contribution >= 4 is 16.9 Å². The molecule has 16 heavy (non-hydrogen) atoms. The van der Waals surface area contributed by atoms with Gasteiger partial charge in [-0.2, -0.15) is 0 Å². The number of rotatable bonds is 2. The van der Waals surface area contributed by atoms with Gasteiger partial charge in [0.15, 0.2) is 5.17 Å². The lowest BCUT2D eigenvalue weighted by Crippen LogP contribution is -2.32. The van der Waals surface area contributed by atoms with E-state index in [0.29, 0.717) is 0 Å². The normalized spacial score (nSPS) is 35.6. The first-order valence-electron chi connectivity index (χ1n) is 6.65. The standard InChI is InChI=1S/C13H24N2S/c1-10-4-3-5-12(6-10)8-15-13-14-7-11(2)9-16-13/h10-12H,3-9H2,1-2H3,(H,14,15). The molecule has 2 rings (SSSR count). The van der Waals surface area contributed by atoms with Gasteiger partial charge in [-0.15, -0.1) is 0 Å². The maximum absolute atomic E-state index is 4.58. The SMILES string of the molecule is CC1CN=C(NCC2CCCC(C)C2)SC1. The molecule has 0 aromatic heterocycles. The van der Waals surface area contributed by atoms with Gasteiger partial charge < -0.3 is 5.32 Å². The molecule has 1 aliphatic carbocycles. The summed E-state index contributed by atoms with van der Waals surface area (Å²) < 4.78 is 0. The molecule has 0 saturated heterocycles. The number of nitrogens with one attached hydrogen (secondary N) is 1. The molecule has 3 heteroatoms. The fraction of sp³-hybridized carbons (Fsp3) is 0.923. The van der Waals surface area contributed by atoms with Crippen molar-refractivity contribution in [2.45, 2.75) is 39.5 Å². The van der Waals surface area contributed by atoms with Crippen LogP contribution in [0.25, 0.3) is 0 Å². The third-order valence-electron chi connectivity index (χ3n) is 3.64. The largest absolute Gasteiger partial charge is 0.365 e. The first kappa shape index (κ1) is 12.3. The van der Waals surface area contributed by atoms with E-state index in [2.05, 4.69) is 24.2 Å². The van der Waals surface area contributed by atoms with Crippen molar-refractivity contribution < 1.29 is 0 Å². The minimum atomic E-state index is 0.755. The summed E-state index contributed by atoms with van der Waals surface area (Å²) in [5.74, 6) is 3.80. The monoisotopic (exact) mass is 240 g/mol. The van der Waals surface area contributed by atoms with Gasteiger partial charge in [-0.1, -0.05) is 38.5 Å². The molecule has 3 unspecified atom stereocenters. The van der Waals surface area contributed by atoms with Crippen LogP contribution in [-0.4, -0.2) is 24.0 Å². The van der Waals surface area contributed by atoms with E-state index in [1.54, 1.807) is 0 Å². The van der Waals surface area contributed by atoms with E-state index in [1.807, 2.05) is 11.8 Å². The van der Waals surface area contributed by atoms with Gasteiger partial charge in [0.25, 0.3) is 0 Å². The molecule has 2 aliphatic rings. The molecule has 92 valence electrons. The lowest BCUT2D eigenvalue weighted by Gasteiger charge is -2.28. The Bertz CT molecular complexity index is 252. The molecule has 3 atom stereocenters. The molecule has 0 aromatic carbocycles. The van der Waals surface area contributed by atoms with Crippen LogP contribution in [0, 0.1) is 17.8 Å². The molecule has 2 nitrogen and oxygen atoms in total. The molecule has 1 fully saturated rings. The Morgan fingerprint density at radius 3 is 2.88 bits per heavy atom. The van der Waals surface area contributed by atoms with Crippen molar-refractivity contribution in [2.75, 3.05) is 18.8 Å². The Balaban J connectivity index is 1.70. The average Bonchev–Trinajstić information content (AvgIpc) is 2.28. The highest BCUT2D eigenvalue weighted by Gasteiger charge is 2.19. The van der Waals surface area contributed by atoms with Crippen molar-refractivity contribution in [3.8, 4) is 0 Å². The van der Waals surface area contributed by atoms with Crippen LogP contribution in [0.5, 0.6) is 0 Å². The fourth-order valence-electron chi connectivity index (χ4n) is 2.64. The van der Waals surface area contributed by atoms with E-state index in [4.69, 9.17) is 0 Å². The van der Waals surface area contributed by atoms with Gasteiger partial charge in [0, 0.05) is 18.8 Å². The van der Waals surface area contributed by atoms with E-state index in [9.17, 15) is 0 Å². The maximum Gasteiger partial charge on any atom is 0.156 e. The van der Waals surface area contributed by atoms with Crippen LogP contribution >= 0.6 is 11.8 Å². The van der Waals surface area contributed by atoms with Gasteiger partial charge in [0.05, 0.1) is 0 Å². The Kier molecular flexibility index (Phi) is 4.56. The van der Waals surface area contributed by atoms with Gasteiger partial charge in [0.1, 0.15) is 0 Å². The van der Waals surface area contributed by atoms with Crippen LogP contribution in [0.2, 0.25) is 0 Å². The van der Waals surface area contributed by atoms with Crippen LogP contribution in [0.1, 0.15) is 39.5 Å². The lowest BCUT2D eigenvalue weighted by atomic mass is 9.82. The zero-order valence-electron chi connectivity index (χ0n) is 10.5. The first-order chi connectivity index (χ1) is 7.74. The highest BCUT2D eigenvalue weighted by Crippen LogP contribution is 2.28. The smallest absolute Gasteiger partial charge is 0.156 e. The summed E-state index contributed by atoms with van der Waals surface area (Å²) in [6.45, 7) is 6.82. The second kappa shape index (κ2) is 5.95. The number of thioether (sulfide) groups is 1. The summed E-state index contributed by atoms with van der Waals surface area (Å²) in [4.78, 5) is 4.58. The lowest BCUT2D eigenvalue weighted by molar-refractivity contribution is 0.283. The zero-order chi connectivity index (χ0) is 11.4. The third kappa shape index (κ3) is 3.69. The highest BCUT2D eigenvalue weighted by atomic mass is 32.2. The quantitative estimate of drug-likeness (QED) is 0.802. The number of nitrogens with zero attached hydrogens (tertiary/aromatic N) is 1. The Hall–Kier alpha value is -0.180. The summed E-state index contributed by atoms with van der Waals surface area (Å²) >= 11 is 1.90. The molecule has 1 aliphatic heterocycles. The summed E-state index contributed by atoms with van der Waals surface area (Å²) in [5, 5.41) is 4.74. The molecule has 1 N–H and O–H groups in total. The first-order valence-corrected chi connectivity index (χ1v) is 7.63. The van der Waals surface area contributed by atoms with Crippen LogP contribution in [0.3, 0.4) is 0 Å². The number of aliphatic imine (C=N–C) groups is 1. The van der Waals surface area contributed by atoms with E-state index >= 15 is 0 Å². The Morgan fingerprint density at radius 1 is 1.31 bits per heavy atom. The highest BCUT2D eigenvalue weighted by molar-refractivity contribution is 8.13. The maximum atomic E-state index is 4.58. The zero-order valence-corrected chi connectivity index (χ0v) is 11.4. The molecular formula is C13H24N2S. The number of hydrogen-bond donors (Lipinski definition) is 1. The number of amidine groups is 1. The Labute approximate surface area is 104 Å². The van der Waals surface area contributed by atoms with Crippen LogP contribution in [0.15, 0.2) is 4.99 Å². The Morgan fingerprint density at radius 2 is 2.19 bits per heavy atom. The summed E-state index contributed by atoms with van der Waals surface area (Å²) in [7, 11) is 0. The van der Waals surface area contributed by atoms with Crippen LogP contribution in [0.4, 0.5) is 0 Å². The van der Waals surface area contributed by atoms with Crippen molar-refractivity contribution in [3.05, 3.63) is 0 Å². The molecule has 0 aromatic rings. The summed E-state index contributed by atoms with van der Waals surface area (Å²) in [6.07, 6.45) is 5.67. The predicted molar refractivity (Wildman–Crippen MR) is 73.0 cm³/mol. The van der Waals surface area contributed by atoms with Crippen LogP contribution in [-0.2, 0) is 0 Å². The summed E-state index contributed by atoms with van der Waals surface area (Å²) in [6, 6.07) is 0. The molecule has 0 radical (unpaired) electrons. The molecule has 0 amide bonds. The number of hydrogen-bond acceptors (Lipinski definition) is 3. The van der Waals surface area contributed by atoms with E-state index < -0.39 is 0 Å². The second-order valence-electron chi connectivity index (χ2n) is 5.58. The van der Waals surface area contributed by atoms with Gasteiger partial charge in [-0.25, -0.2) is 0 Å². The van der Waals surface area contributed by atoms with Gasteiger partial charge in [-0.3, -0.25) is 4.99 Å². The van der Waals surface area contributed by atoms with E-state index in [1.165, 1.54) is 36.6 Å². The minimum absolute atomic E-state index is 0.755. The predicted octanol–water partition coefficient (Wildman–Crippen LogP) is 3.14. The van der Waals surface area contributed by atoms with E-state index in [-0.39, 0.29) is 0 Å². The topological polar surface area (TPSA) is 24.4 Å². The second-order valence-corrected chi connectivity index (χ2v) is 6.59. The van der Waals surface area contributed by atoms with Gasteiger partial charge in [0.2, 0.25) is 0 Å². The molecule has 0 spiro atoms. The van der Waals surface area contributed by atoms with Crippen LogP contribution < -0.4 is 5.32 Å². The molecular weight excluding hydrogens is 216 g/mol. The van der Waals surface area contributed by atoms with E-state index in [0.717, 1.165) is 30.8 Å². The molecule has 0 bridgehead atoms. The molecule has 1 heterocycles. The average molecular weight is 240 g/mol. The van der Waals surface area contributed by atoms with Crippen molar-refractivity contribution in [3.63, 3.8) is 0 Å². The fourth-order valence-corrected chi connectivity index (χ4v) is 3.54. The van der Waals surface area contributed by atoms with Crippen molar-refractivity contribution in [2.24, 2.45) is 22.7 Å². The minimum Gasteiger partial charge on any atom is -0.365 e. The van der Waals surface area contributed by atoms with Gasteiger partial charge in [-0.05, 0) is 30.6 Å².